The smallest absolute Gasteiger partial charge is 0.382 e. The average Bonchev–Trinajstić information content (AvgIpc) is 2.32. The maximum absolute atomic E-state index is 12.8. The van der Waals surface area contributed by atoms with Crippen LogP contribution in [0.3, 0.4) is 0 Å². The molecule has 112 valence electrons. The first-order valence-corrected chi connectivity index (χ1v) is 7.69. The summed E-state index contributed by atoms with van der Waals surface area (Å²) < 4.78 is 38.9. The van der Waals surface area contributed by atoms with E-state index in [1.807, 2.05) is 0 Å². The Morgan fingerprint density at radius 1 is 1.15 bits per heavy atom. The van der Waals surface area contributed by atoms with Crippen molar-refractivity contribution < 1.29 is 13.2 Å². The molecule has 1 saturated carbocycles. The molecular formula is C15H19BrF3N. The van der Waals surface area contributed by atoms with Crippen molar-refractivity contribution >= 4 is 21.6 Å². The van der Waals surface area contributed by atoms with Crippen LogP contribution >= 0.6 is 15.9 Å². The van der Waals surface area contributed by atoms with E-state index >= 15 is 0 Å². The highest BCUT2D eigenvalue weighted by Crippen LogP contribution is 2.35. The van der Waals surface area contributed by atoms with Crippen LogP contribution < -0.4 is 5.32 Å². The fraction of sp³-hybridized carbons (Fsp3) is 0.600. The summed E-state index contributed by atoms with van der Waals surface area (Å²) in [4.78, 5) is 0. The van der Waals surface area contributed by atoms with E-state index in [4.69, 9.17) is 0 Å². The summed E-state index contributed by atoms with van der Waals surface area (Å²) in [5, 5.41) is 3.28. The SMILES string of the molecule is CC1CCC(C)C(Nc2cc(Br)cc(C(F)(F)F)c2)C1. The van der Waals surface area contributed by atoms with Crippen LogP contribution in [0.15, 0.2) is 22.7 Å². The molecule has 1 aliphatic carbocycles. The monoisotopic (exact) mass is 349 g/mol. The van der Waals surface area contributed by atoms with Crippen molar-refractivity contribution in [2.45, 2.75) is 45.3 Å². The van der Waals surface area contributed by atoms with Gasteiger partial charge in [-0.05, 0) is 42.9 Å². The molecule has 1 nitrogen and oxygen atoms in total. The zero-order chi connectivity index (χ0) is 14.9. The molecule has 3 unspecified atom stereocenters. The summed E-state index contributed by atoms with van der Waals surface area (Å²) in [7, 11) is 0. The van der Waals surface area contributed by atoms with E-state index < -0.39 is 11.7 Å². The van der Waals surface area contributed by atoms with Gasteiger partial charge in [0.25, 0.3) is 0 Å². The van der Waals surface area contributed by atoms with Crippen LogP contribution in [0.1, 0.15) is 38.7 Å². The third-order valence-electron chi connectivity index (χ3n) is 4.04. The summed E-state index contributed by atoms with van der Waals surface area (Å²) in [5.41, 5.74) is -0.0801. The molecule has 2 rings (SSSR count). The zero-order valence-corrected chi connectivity index (χ0v) is 13.2. The Labute approximate surface area is 126 Å². The molecule has 0 aliphatic heterocycles. The van der Waals surface area contributed by atoms with Crippen molar-refractivity contribution in [3.63, 3.8) is 0 Å². The average molecular weight is 350 g/mol. The van der Waals surface area contributed by atoms with Crippen LogP contribution in [-0.4, -0.2) is 6.04 Å². The summed E-state index contributed by atoms with van der Waals surface area (Å²) >= 11 is 3.16. The number of nitrogens with one attached hydrogen (secondary N) is 1. The lowest BCUT2D eigenvalue weighted by Crippen LogP contribution is -2.33. The molecule has 1 aliphatic rings. The molecule has 20 heavy (non-hydrogen) atoms. The second kappa shape index (κ2) is 5.96. The molecule has 0 amide bonds. The van der Waals surface area contributed by atoms with Gasteiger partial charge in [-0.15, -0.1) is 0 Å². The second-order valence-electron chi connectivity index (χ2n) is 5.87. The molecule has 0 aromatic heterocycles. The molecule has 1 aromatic carbocycles. The van der Waals surface area contributed by atoms with Gasteiger partial charge in [0, 0.05) is 16.2 Å². The van der Waals surface area contributed by atoms with Crippen molar-refractivity contribution in [2.75, 3.05) is 5.32 Å². The zero-order valence-electron chi connectivity index (χ0n) is 11.6. The van der Waals surface area contributed by atoms with E-state index in [0.717, 1.165) is 18.9 Å². The van der Waals surface area contributed by atoms with E-state index in [1.54, 1.807) is 6.07 Å². The minimum atomic E-state index is -4.31. The van der Waals surface area contributed by atoms with E-state index in [2.05, 4.69) is 35.1 Å². The first-order valence-electron chi connectivity index (χ1n) is 6.90. The predicted octanol–water partition coefficient (Wildman–Crippen LogP) is 5.70. The van der Waals surface area contributed by atoms with Gasteiger partial charge in [-0.1, -0.05) is 36.2 Å². The Kier molecular flexibility index (Phi) is 4.67. The minimum absolute atomic E-state index is 0.245. The number of halogens is 4. The van der Waals surface area contributed by atoms with E-state index in [9.17, 15) is 13.2 Å². The molecule has 0 spiro atoms. The number of hydrogen-bond donors (Lipinski definition) is 1. The maximum atomic E-state index is 12.8. The minimum Gasteiger partial charge on any atom is -0.382 e. The molecule has 1 N–H and O–H groups in total. The second-order valence-corrected chi connectivity index (χ2v) is 6.79. The highest BCUT2D eigenvalue weighted by atomic mass is 79.9. The van der Waals surface area contributed by atoms with Gasteiger partial charge < -0.3 is 5.32 Å². The lowest BCUT2D eigenvalue weighted by atomic mass is 9.80. The van der Waals surface area contributed by atoms with Crippen molar-refractivity contribution in [3.05, 3.63) is 28.2 Å². The Morgan fingerprint density at radius 3 is 2.50 bits per heavy atom. The molecule has 1 aromatic rings. The maximum Gasteiger partial charge on any atom is 0.416 e. The van der Waals surface area contributed by atoms with Gasteiger partial charge >= 0.3 is 6.18 Å². The Balaban J connectivity index is 2.18. The molecular weight excluding hydrogens is 331 g/mol. The van der Waals surface area contributed by atoms with Crippen LogP contribution in [0.4, 0.5) is 18.9 Å². The van der Waals surface area contributed by atoms with Crippen molar-refractivity contribution in [3.8, 4) is 0 Å². The fourth-order valence-electron chi connectivity index (χ4n) is 2.78. The molecule has 1 fully saturated rings. The van der Waals surface area contributed by atoms with Crippen molar-refractivity contribution in [1.82, 2.24) is 0 Å². The van der Waals surface area contributed by atoms with Crippen LogP contribution in [0.5, 0.6) is 0 Å². The van der Waals surface area contributed by atoms with E-state index in [-0.39, 0.29) is 6.04 Å². The lowest BCUT2D eigenvalue weighted by Gasteiger charge is -2.34. The van der Waals surface area contributed by atoms with Crippen LogP contribution in [-0.2, 0) is 6.18 Å². The van der Waals surface area contributed by atoms with Gasteiger partial charge in [0.2, 0.25) is 0 Å². The van der Waals surface area contributed by atoms with Gasteiger partial charge in [-0.25, -0.2) is 0 Å². The van der Waals surface area contributed by atoms with Gasteiger partial charge in [-0.3, -0.25) is 0 Å². The van der Waals surface area contributed by atoms with Crippen molar-refractivity contribution in [1.29, 1.82) is 0 Å². The molecule has 0 saturated heterocycles. The molecule has 0 radical (unpaired) electrons. The van der Waals surface area contributed by atoms with Crippen LogP contribution in [0.25, 0.3) is 0 Å². The van der Waals surface area contributed by atoms with Crippen LogP contribution in [0, 0.1) is 11.8 Å². The number of anilines is 1. The van der Waals surface area contributed by atoms with Gasteiger partial charge in [-0.2, -0.15) is 13.2 Å². The van der Waals surface area contributed by atoms with Crippen molar-refractivity contribution in [2.24, 2.45) is 11.8 Å². The highest BCUT2D eigenvalue weighted by molar-refractivity contribution is 9.10. The largest absolute Gasteiger partial charge is 0.416 e. The first kappa shape index (κ1) is 15.7. The predicted molar refractivity (Wildman–Crippen MR) is 78.7 cm³/mol. The first-order chi connectivity index (χ1) is 9.25. The molecule has 0 bridgehead atoms. The normalized spacial score (nSPS) is 27.4. The van der Waals surface area contributed by atoms with Gasteiger partial charge in [0.05, 0.1) is 5.56 Å². The van der Waals surface area contributed by atoms with Crippen LogP contribution in [0.2, 0.25) is 0 Å². The Bertz CT molecular complexity index is 473. The number of alkyl halides is 3. The lowest BCUT2D eigenvalue weighted by molar-refractivity contribution is -0.137. The third kappa shape index (κ3) is 3.90. The van der Waals surface area contributed by atoms with Gasteiger partial charge in [0.1, 0.15) is 0 Å². The summed E-state index contributed by atoms with van der Waals surface area (Å²) in [6, 6.07) is 4.25. The fourth-order valence-corrected chi connectivity index (χ4v) is 3.28. The Hall–Kier alpha value is -0.710. The summed E-state index contributed by atoms with van der Waals surface area (Å²) in [6.45, 7) is 4.36. The van der Waals surface area contributed by atoms with Gasteiger partial charge in [0.15, 0.2) is 0 Å². The number of hydrogen-bond acceptors (Lipinski definition) is 1. The number of benzene rings is 1. The quantitative estimate of drug-likeness (QED) is 0.721. The molecule has 5 heteroatoms. The summed E-state index contributed by atoms with van der Waals surface area (Å²) in [5.74, 6) is 1.11. The summed E-state index contributed by atoms with van der Waals surface area (Å²) in [6.07, 6.45) is -0.981. The Morgan fingerprint density at radius 2 is 1.85 bits per heavy atom. The van der Waals surface area contributed by atoms with E-state index in [1.165, 1.54) is 12.5 Å². The molecule has 3 atom stereocenters. The molecule has 0 heterocycles. The standard InChI is InChI=1S/C15H19BrF3N/c1-9-3-4-10(2)14(5-9)20-13-7-11(15(17,18)19)6-12(16)8-13/h6-10,14,20H,3-5H2,1-2H3. The highest BCUT2D eigenvalue weighted by Gasteiger charge is 2.32. The topological polar surface area (TPSA) is 12.0 Å². The van der Waals surface area contributed by atoms with E-state index in [0.29, 0.717) is 22.0 Å². The third-order valence-corrected chi connectivity index (χ3v) is 4.49. The number of rotatable bonds is 2.